The summed E-state index contributed by atoms with van der Waals surface area (Å²) in [5.41, 5.74) is 5.15. The Morgan fingerprint density at radius 2 is 1.16 bits per heavy atom. The van der Waals surface area contributed by atoms with Crippen LogP contribution in [0.5, 0.6) is 0 Å². The number of carbonyl (C=O) groups is 2. The van der Waals surface area contributed by atoms with Gasteiger partial charge in [0.15, 0.2) is 0 Å². The van der Waals surface area contributed by atoms with Crippen molar-refractivity contribution in [2.45, 2.75) is 103 Å². The molecule has 0 aromatic carbocycles. The number of hydrogen-bond acceptors (Lipinski definition) is 3. The lowest BCUT2D eigenvalue weighted by Gasteiger charge is -2.06. The standard InChI is InChI=1S/C21H39NO3/c1-3-4-5-6-7-8-9-10-11-12-13-14-15-16-17-25-21(24)19(2)18-20(22)23/h2-18H2,1H3,(H2,22,23). The van der Waals surface area contributed by atoms with E-state index in [9.17, 15) is 9.59 Å². The van der Waals surface area contributed by atoms with Gasteiger partial charge in [-0.05, 0) is 6.42 Å². The predicted molar refractivity (Wildman–Crippen MR) is 104 cm³/mol. The van der Waals surface area contributed by atoms with Crippen LogP contribution in [-0.4, -0.2) is 18.5 Å². The average Bonchev–Trinajstić information content (AvgIpc) is 2.57. The molecule has 0 spiro atoms. The predicted octanol–water partition coefficient (Wildman–Crippen LogP) is 5.44. The van der Waals surface area contributed by atoms with Gasteiger partial charge in [-0.3, -0.25) is 4.79 Å². The van der Waals surface area contributed by atoms with Crippen molar-refractivity contribution in [2.75, 3.05) is 6.61 Å². The van der Waals surface area contributed by atoms with Crippen LogP contribution in [-0.2, 0) is 14.3 Å². The largest absolute Gasteiger partial charge is 0.462 e. The van der Waals surface area contributed by atoms with Gasteiger partial charge in [0.1, 0.15) is 0 Å². The van der Waals surface area contributed by atoms with Gasteiger partial charge in [-0.2, -0.15) is 0 Å². The Hall–Kier alpha value is -1.32. The molecular formula is C21H39NO3. The fourth-order valence-electron chi connectivity index (χ4n) is 2.85. The maximum Gasteiger partial charge on any atom is 0.333 e. The Labute approximate surface area is 154 Å². The van der Waals surface area contributed by atoms with Gasteiger partial charge in [-0.1, -0.05) is 97.0 Å². The van der Waals surface area contributed by atoms with Crippen molar-refractivity contribution in [3.05, 3.63) is 12.2 Å². The van der Waals surface area contributed by atoms with E-state index in [2.05, 4.69) is 13.5 Å². The third-order valence-electron chi connectivity index (χ3n) is 4.41. The zero-order valence-electron chi connectivity index (χ0n) is 16.3. The van der Waals surface area contributed by atoms with Gasteiger partial charge >= 0.3 is 5.97 Å². The highest BCUT2D eigenvalue weighted by molar-refractivity contribution is 5.94. The van der Waals surface area contributed by atoms with Crippen LogP contribution in [0.3, 0.4) is 0 Å². The van der Waals surface area contributed by atoms with Gasteiger partial charge in [-0.25, -0.2) is 4.79 Å². The molecule has 0 unspecified atom stereocenters. The molecule has 0 aliphatic rings. The number of hydrogen-bond donors (Lipinski definition) is 1. The van der Waals surface area contributed by atoms with Crippen LogP contribution in [0.2, 0.25) is 0 Å². The van der Waals surface area contributed by atoms with Crippen LogP contribution in [0.25, 0.3) is 0 Å². The van der Waals surface area contributed by atoms with Crippen LogP contribution in [0.1, 0.15) is 103 Å². The van der Waals surface area contributed by atoms with Crippen molar-refractivity contribution in [3.8, 4) is 0 Å². The third-order valence-corrected chi connectivity index (χ3v) is 4.41. The van der Waals surface area contributed by atoms with Gasteiger partial charge in [0, 0.05) is 5.57 Å². The van der Waals surface area contributed by atoms with E-state index in [0.717, 1.165) is 12.8 Å². The van der Waals surface area contributed by atoms with Crippen LogP contribution >= 0.6 is 0 Å². The molecule has 0 heterocycles. The summed E-state index contributed by atoms with van der Waals surface area (Å²) >= 11 is 0. The molecule has 0 atom stereocenters. The lowest BCUT2D eigenvalue weighted by Crippen LogP contribution is -2.16. The Kier molecular flexibility index (Phi) is 16.6. The normalized spacial score (nSPS) is 10.6. The van der Waals surface area contributed by atoms with Crippen LogP contribution < -0.4 is 5.73 Å². The zero-order chi connectivity index (χ0) is 18.8. The van der Waals surface area contributed by atoms with Crippen LogP contribution in [0, 0.1) is 0 Å². The molecule has 0 rings (SSSR count). The molecule has 4 heteroatoms. The maximum absolute atomic E-state index is 11.5. The lowest BCUT2D eigenvalue weighted by atomic mass is 10.0. The van der Waals surface area contributed by atoms with E-state index in [4.69, 9.17) is 10.5 Å². The van der Waals surface area contributed by atoms with Crippen LogP contribution in [0.15, 0.2) is 12.2 Å². The molecule has 0 aliphatic heterocycles. The van der Waals surface area contributed by atoms with E-state index in [0.29, 0.717) is 6.61 Å². The van der Waals surface area contributed by atoms with Crippen molar-refractivity contribution in [1.29, 1.82) is 0 Å². The maximum atomic E-state index is 11.5. The van der Waals surface area contributed by atoms with Gasteiger partial charge in [-0.15, -0.1) is 0 Å². The smallest absolute Gasteiger partial charge is 0.333 e. The first-order valence-electron chi connectivity index (χ1n) is 10.2. The number of esters is 1. The molecule has 0 aromatic heterocycles. The Morgan fingerprint density at radius 3 is 1.56 bits per heavy atom. The first-order chi connectivity index (χ1) is 12.1. The van der Waals surface area contributed by atoms with Gasteiger partial charge in [0.25, 0.3) is 0 Å². The minimum Gasteiger partial charge on any atom is -0.462 e. The summed E-state index contributed by atoms with van der Waals surface area (Å²) in [4.78, 5) is 22.2. The summed E-state index contributed by atoms with van der Waals surface area (Å²) < 4.78 is 5.07. The molecule has 0 saturated carbocycles. The Morgan fingerprint density at radius 1 is 0.760 bits per heavy atom. The monoisotopic (exact) mass is 353 g/mol. The highest BCUT2D eigenvalue weighted by Gasteiger charge is 2.10. The highest BCUT2D eigenvalue weighted by Crippen LogP contribution is 2.13. The molecule has 146 valence electrons. The average molecular weight is 354 g/mol. The Bertz CT molecular complexity index is 366. The van der Waals surface area contributed by atoms with Crippen LogP contribution in [0.4, 0.5) is 0 Å². The van der Waals surface area contributed by atoms with Crippen molar-refractivity contribution in [3.63, 3.8) is 0 Å². The first-order valence-corrected chi connectivity index (χ1v) is 10.2. The summed E-state index contributed by atoms with van der Waals surface area (Å²) in [5, 5.41) is 0. The minimum absolute atomic E-state index is 0.127. The molecule has 0 bridgehead atoms. The second-order valence-electron chi connectivity index (χ2n) is 6.98. The van der Waals surface area contributed by atoms with Crippen molar-refractivity contribution < 1.29 is 14.3 Å². The molecule has 4 nitrogen and oxygen atoms in total. The SMILES string of the molecule is C=C(CC(N)=O)C(=O)OCCCCCCCCCCCCCCCC. The summed E-state index contributed by atoms with van der Waals surface area (Å²) in [6, 6.07) is 0. The second kappa shape index (κ2) is 17.5. The topological polar surface area (TPSA) is 69.4 Å². The number of amides is 1. The summed E-state index contributed by atoms with van der Waals surface area (Å²) in [6.07, 6.45) is 18.0. The van der Waals surface area contributed by atoms with E-state index in [1.54, 1.807) is 0 Å². The molecule has 0 fully saturated rings. The van der Waals surface area contributed by atoms with E-state index in [1.807, 2.05) is 0 Å². The van der Waals surface area contributed by atoms with Gasteiger partial charge in [0.05, 0.1) is 13.0 Å². The van der Waals surface area contributed by atoms with E-state index >= 15 is 0 Å². The lowest BCUT2D eigenvalue weighted by molar-refractivity contribution is -0.140. The van der Waals surface area contributed by atoms with Crippen molar-refractivity contribution in [2.24, 2.45) is 5.73 Å². The molecule has 1 amide bonds. The number of nitrogens with two attached hydrogens (primary N) is 1. The van der Waals surface area contributed by atoms with E-state index in [-0.39, 0.29) is 12.0 Å². The summed E-state index contributed by atoms with van der Waals surface area (Å²) in [5.74, 6) is -1.06. The Balaban J connectivity index is 3.22. The molecule has 0 saturated heterocycles. The van der Waals surface area contributed by atoms with Crippen molar-refractivity contribution >= 4 is 11.9 Å². The molecule has 25 heavy (non-hydrogen) atoms. The molecular weight excluding hydrogens is 314 g/mol. The molecule has 0 aromatic rings. The number of primary amides is 1. The first kappa shape index (κ1) is 23.7. The second-order valence-corrected chi connectivity index (χ2v) is 6.98. The summed E-state index contributed by atoms with van der Waals surface area (Å²) in [7, 11) is 0. The minimum atomic E-state index is -0.557. The highest BCUT2D eigenvalue weighted by atomic mass is 16.5. The third kappa shape index (κ3) is 17.3. The molecule has 2 N–H and O–H groups in total. The van der Waals surface area contributed by atoms with E-state index < -0.39 is 11.9 Å². The molecule has 0 aliphatic carbocycles. The van der Waals surface area contributed by atoms with E-state index in [1.165, 1.54) is 77.0 Å². The summed E-state index contributed by atoms with van der Waals surface area (Å²) in [6.45, 7) is 6.17. The number of carbonyl (C=O) groups excluding carboxylic acids is 2. The zero-order valence-corrected chi connectivity index (χ0v) is 16.3. The quantitative estimate of drug-likeness (QED) is 0.202. The van der Waals surface area contributed by atoms with Gasteiger partial charge in [0.2, 0.25) is 5.91 Å². The molecule has 0 radical (unpaired) electrons. The fraction of sp³-hybridized carbons (Fsp3) is 0.810. The number of unbranched alkanes of at least 4 members (excludes halogenated alkanes) is 13. The van der Waals surface area contributed by atoms with Crippen molar-refractivity contribution in [1.82, 2.24) is 0 Å². The number of ether oxygens (including phenoxy) is 1. The number of rotatable bonds is 18. The fourth-order valence-corrected chi connectivity index (χ4v) is 2.85. The van der Waals surface area contributed by atoms with Gasteiger partial charge < -0.3 is 10.5 Å².